The number of piperazine rings is 1. The molecule has 2 N–H and O–H groups in total. The maximum atomic E-state index is 9.55. The van der Waals surface area contributed by atoms with Gasteiger partial charge >= 0.3 is 11.9 Å². The van der Waals surface area contributed by atoms with E-state index in [1.54, 1.807) is 0 Å². The summed E-state index contributed by atoms with van der Waals surface area (Å²) >= 11 is 1.84. The second-order valence-corrected chi connectivity index (χ2v) is 9.62. The number of nitrogens with zero attached hydrogens (tertiary/aromatic N) is 3. The van der Waals surface area contributed by atoms with Crippen LogP contribution in [0.25, 0.3) is 0 Å². The lowest BCUT2D eigenvalue weighted by Crippen LogP contribution is -2.46. The molecule has 2 aromatic rings. The fourth-order valence-electron chi connectivity index (χ4n) is 3.98. The van der Waals surface area contributed by atoms with E-state index in [0.29, 0.717) is 24.1 Å². The van der Waals surface area contributed by atoms with Gasteiger partial charge in [0, 0.05) is 55.5 Å². The van der Waals surface area contributed by atoms with Gasteiger partial charge in [0.15, 0.2) is 0 Å². The molecule has 4 rings (SSSR count). The van der Waals surface area contributed by atoms with Crippen LogP contribution in [-0.4, -0.2) is 70.2 Å². The average Bonchev–Trinajstić information content (AvgIpc) is 2.95. The molecule has 1 aromatic heterocycles. The molecular weight excluding hydrogens is 438 g/mol. The molecule has 2 aliphatic rings. The van der Waals surface area contributed by atoms with Crippen molar-refractivity contribution in [3.63, 3.8) is 0 Å². The number of carbonyl (C=O) groups is 2. The van der Waals surface area contributed by atoms with Crippen LogP contribution in [0.1, 0.15) is 42.5 Å². The van der Waals surface area contributed by atoms with Crippen molar-refractivity contribution in [2.75, 3.05) is 33.2 Å². The molecule has 1 saturated heterocycles. The number of aliphatic carboxylic acids is 2. The van der Waals surface area contributed by atoms with Crippen LogP contribution in [0.3, 0.4) is 0 Å². The topological polar surface area (TPSA) is 94.0 Å². The molecule has 2 aliphatic heterocycles. The molecule has 1 aromatic carbocycles. The molecule has 33 heavy (non-hydrogen) atoms. The van der Waals surface area contributed by atoms with Gasteiger partial charge in [-0.3, -0.25) is 4.90 Å². The number of carboxylic acid groups (broad SMARTS) is 2. The van der Waals surface area contributed by atoms with Gasteiger partial charge in [-0.15, -0.1) is 0 Å². The zero-order valence-corrected chi connectivity index (χ0v) is 20.1. The van der Waals surface area contributed by atoms with Crippen molar-refractivity contribution < 1.29 is 19.8 Å². The molecule has 1 atom stereocenters. The molecule has 0 amide bonds. The third-order valence-electron chi connectivity index (χ3n) is 5.88. The Kier molecular flexibility index (Phi) is 8.66. The first-order chi connectivity index (χ1) is 15.7. The minimum atomic E-state index is -1.26. The lowest BCUT2D eigenvalue weighted by molar-refractivity contribution is -0.134. The Balaban J connectivity index is 0.000000331. The summed E-state index contributed by atoms with van der Waals surface area (Å²) < 4.78 is 0. The molecule has 1 unspecified atom stereocenters. The Bertz CT molecular complexity index is 1000. The smallest absolute Gasteiger partial charge is 0.328 e. The summed E-state index contributed by atoms with van der Waals surface area (Å²) in [5.41, 5.74) is 4.33. The number of hydrogen-bond acceptors (Lipinski definition) is 6. The molecule has 0 spiro atoms. The average molecular weight is 470 g/mol. The summed E-state index contributed by atoms with van der Waals surface area (Å²) in [6.07, 6.45) is 4.10. The third kappa shape index (κ3) is 6.90. The number of aromatic nitrogens is 1. The highest BCUT2D eigenvalue weighted by molar-refractivity contribution is 7.99. The Morgan fingerprint density at radius 2 is 1.76 bits per heavy atom. The van der Waals surface area contributed by atoms with Gasteiger partial charge < -0.3 is 15.1 Å². The van der Waals surface area contributed by atoms with Gasteiger partial charge in [-0.2, -0.15) is 0 Å². The van der Waals surface area contributed by atoms with Crippen molar-refractivity contribution in [1.82, 2.24) is 14.8 Å². The van der Waals surface area contributed by atoms with Crippen LogP contribution in [0.15, 0.2) is 58.6 Å². The summed E-state index contributed by atoms with van der Waals surface area (Å²) in [4.78, 5) is 30.3. The summed E-state index contributed by atoms with van der Waals surface area (Å²) in [7, 11) is 2.23. The fraction of sp³-hybridized carbons (Fsp3) is 0.400. The first-order valence-corrected chi connectivity index (χ1v) is 11.9. The predicted octanol–water partition coefficient (Wildman–Crippen LogP) is 3.91. The van der Waals surface area contributed by atoms with Gasteiger partial charge in [0.05, 0.1) is 0 Å². The van der Waals surface area contributed by atoms with Crippen LogP contribution in [0.2, 0.25) is 0 Å². The molecule has 8 heteroatoms. The van der Waals surface area contributed by atoms with Gasteiger partial charge in [-0.25, -0.2) is 14.6 Å². The number of carboxylic acids is 2. The van der Waals surface area contributed by atoms with Crippen LogP contribution in [0, 0.1) is 0 Å². The molecule has 7 nitrogen and oxygen atoms in total. The van der Waals surface area contributed by atoms with Gasteiger partial charge in [0.1, 0.15) is 5.03 Å². The lowest BCUT2D eigenvalue weighted by Gasteiger charge is -2.38. The molecule has 176 valence electrons. The van der Waals surface area contributed by atoms with E-state index in [-0.39, 0.29) is 0 Å². The normalized spacial score (nSPS) is 18.7. The number of hydrogen-bond donors (Lipinski definition) is 2. The Hall–Kier alpha value is -2.68. The number of benzene rings is 1. The second kappa shape index (κ2) is 11.4. The first kappa shape index (κ1) is 25.0. The van der Waals surface area contributed by atoms with Crippen LogP contribution < -0.4 is 0 Å². The first-order valence-electron chi connectivity index (χ1n) is 11.1. The Morgan fingerprint density at radius 3 is 2.36 bits per heavy atom. The largest absolute Gasteiger partial charge is 0.478 e. The fourth-order valence-corrected chi connectivity index (χ4v) is 5.03. The van der Waals surface area contributed by atoms with Crippen molar-refractivity contribution in [1.29, 1.82) is 0 Å². The zero-order valence-electron chi connectivity index (χ0n) is 19.3. The quantitative estimate of drug-likeness (QED) is 0.651. The van der Waals surface area contributed by atoms with Crippen LogP contribution in [0.5, 0.6) is 0 Å². The number of rotatable bonds is 4. The summed E-state index contributed by atoms with van der Waals surface area (Å²) in [5.74, 6) is -1.95. The van der Waals surface area contributed by atoms with Gasteiger partial charge in [-0.05, 0) is 48.2 Å². The number of pyridine rings is 1. The van der Waals surface area contributed by atoms with Crippen molar-refractivity contribution in [2.24, 2.45) is 0 Å². The molecule has 0 bridgehead atoms. The molecule has 3 heterocycles. The molecule has 0 aliphatic carbocycles. The second-order valence-electron chi connectivity index (χ2n) is 8.59. The molecule has 0 saturated carbocycles. The zero-order chi connectivity index (χ0) is 24.0. The summed E-state index contributed by atoms with van der Waals surface area (Å²) in [6, 6.07) is 11.9. The number of fused-ring (bicyclic) bond motifs is 2. The maximum absolute atomic E-state index is 9.55. The van der Waals surface area contributed by atoms with E-state index < -0.39 is 11.9 Å². The Labute approximate surface area is 199 Å². The third-order valence-corrected chi connectivity index (χ3v) is 7.03. The Morgan fingerprint density at radius 1 is 1.09 bits per heavy atom. The van der Waals surface area contributed by atoms with E-state index >= 15 is 0 Å². The standard InChI is InChI=1S/C21H27N3S.C4H4O4/c1-15(2)16-6-7-20-18(13-16)19(24-11-9-23(3)10-12-24)14-17-5-4-8-22-21(17)25-20;5-3(6)1-2-4(7)8/h4-8,13,15,19H,9-12,14H2,1-3H3;1-2H,(H,5,6)(H,7,8)/b;2-1-. The van der Waals surface area contributed by atoms with E-state index in [2.05, 4.69) is 66.0 Å². The molecular formula is C25H31N3O4S. The van der Waals surface area contributed by atoms with E-state index in [9.17, 15) is 9.59 Å². The van der Waals surface area contributed by atoms with Crippen LogP contribution in [-0.2, 0) is 16.0 Å². The monoisotopic (exact) mass is 469 g/mol. The van der Waals surface area contributed by atoms with Crippen LogP contribution >= 0.6 is 11.8 Å². The van der Waals surface area contributed by atoms with E-state index in [4.69, 9.17) is 10.2 Å². The number of likely N-dealkylation sites (N-methyl/N-ethyl adjacent to an activating group) is 1. The van der Waals surface area contributed by atoms with Gasteiger partial charge in [-0.1, -0.05) is 43.8 Å². The van der Waals surface area contributed by atoms with Crippen molar-refractivity contribution in [3.05, 3.63) is 65.4 Å². The summed E-state index contributed by atoms with van der Waals surface area (Å²) in [5, 5.41) is 16.8. The highest BCUT2D eigenvalue weighted by atomic mass is 32.2. The highest BCUT2D eigenvalue weighted by Gasteiger charge is 2.30. The molecule has 0 radical (unpaired) electrons. The lowest BCUT2D eigenvalue weighted by atomic mass is 9.93. The maximum Gasteiger partial charge on any atom is 0.328 e. The van der Waals surface area contributed by atoms with E-state index in [0.717, 1.165) is 32.6 Å². The molecule has 1 fully saturated rings. The van der Waals surface area contributed by atoms with Crippen molar-refractivity contribution in [3.8, 4) is 0 Å². The highest BCUT2D eigenvalue weighted by Crippen LogP contribution is 2.43. The van der Waals surface area contributed by atoms with E-state index in [1.165, 1.54) is 26.6 Å². The minimum absolute atomic E-state index is 0.459. The SMILES string of the molecule is CC(C)c1ccc2c(c1)C(N1CCN(C)CC1)Cc1cccnc1S2.O=C(O)/C=C\C(=O)O. The minimum Gasteiger partial charge on any atom is -0.478 e. The van der Waals surface area contributed by atoms with E-state index in [1.807, 2.05) is 18.0 Å². The van der Waals surface area contributed by atoms with Crippen LogP contribution in [0.4, 0.5) is 0 Å². The summed E-state index contributed by atoms with van der Waals surface area (Å²) in [6.45, 7) is 9.17. The van der Waals surface area contributed by atoms with Gasteiger partial charge in [0.25, 0.3) is 0 Å². The van der Waals surface area contributed by atoms with Crippen molar-refractivity contribution >= 4 is 23.7 Å². The predicted molar refractivity (Wildman–Crippen MR) is 129 cm³/mol. The van der Waals surface area contributed by atoms with Gasteiger partial charge in [0.2, 0.25) is 0 Å². The van der Waals surface area contributed by atoms with Crippen molar-refractivity contribution in [2.45, 2.75) is 42.1 Å².